The van der Waals surface area contributed by atoms with Crippen LogP contribution in [0.2, 0.25) is 0 Å². The Labute approximate surface area is 117 Å². The molecule has 3 aromatic rings. The van der Waals surface area contributed by atoms with Crippen molar-refractivity contribution in [1.82, 2.24) is 0 Å². The molecule has 2 heteroatoms. The fourth-order valence-corrected chi connectivity index (χ4v) is 2.13. The minimum atomic E-state index is 0.00197. The number of benzene rings is 2. The molecular weight excluding hydrogens is 248 g/mol. The van der Waals surface area contributed by atoms with E-state index in [1.54, 1.807) is 6.08 Å². The quantitative estimate of drug-likeness (QED) is 0.690. The van der Waals surface area contributed by atoms with E-state index >= 15 is 0 Å². The molecule has 0 N–H and O–H groups in total. The molecule has 0 radical (unpaired) electrons. The molecule has 0 saturated heterocycles. The predicted molar refractivity (Wildman–Crippen MR) is 82.6 cm³/mol. The second-order valence-electron chi connectivity index (χ2n) is 4.76. The molecular formula is C18H14O2. The van der Waals surface area contributed by atoms with Gasteiger partial charge in [0.05, 0.1) is 10.9 Å². The summed E-state index contributed by atoms with van der Waals surface area (Å²) in [6.45, 7) is 1.96. The predicted octanol–water partition coefficient (Wildman–Crippen LogP) is 4.27. The van der Waals surface area contributed by atoms with Crippen molar-refractivity contribution in [1.29, 1.82) is 0 Å². The highest BCUT2D eigenvalue weighted by Gasteiger charge is 2.04. The SMILES string of the molecule is Cc1ccc2occ(/C=C/c3ccccc3)c(=O)c2c1. The van der Waals surface area contributed by atoms with Crippen LogP contribution in [0.4, 0.5) is 0 Å². The molecule has 0 unspecified atom stereocenters. The summed E-state index contributed by atoms with van der Waals surface area (Å²) in [5, 5.41) is 0.625. The third-order valence-electron chi connectivity index (χ3n) is 3.21. The lowest BCUT2D eigenvalue weighted by Crippen LogP contribution is -2.04. The first-order valence-electron chi connectivity index (χ1n) is 6.49. The number of rotatable bonds is 2. The van der Waals surface area contributed by atoms with E-state index in [2.05, 4.69) is 0 Å². The van der Waals surface area contributed by atoms with E-state index in [1.807, 2.05) is 61.5 Å². The third-order valence-corrected chi connectivity index (χ3v) is 3.21. The summed E-state index contributed by atoms with van der Waals surface area (Å²) in [5.41, 5.74) is 3.29. The Morgan fingerprint density at radius 2 is 1.80 bits per heavy atom. The van der Waals surface area contributed by atoms with Crippen LogP contribution in [0.15, 0.2) is 64.0 Å². The van der Waals surface area contributed by atoms with Gasteiger partial charge in [-0.1, -0.05) is 48.0 Å². The van der Waals surface area contributed by atoms with Gasteiger partial charge in [-0.25, -0.2) is 0 Å². The summed E-state index contributed by atoms with van der Waals surface area (Å²) in [5.74, 6) is 0. The lowest BCUT2D eigenvalue weighted by atomic mass is 10.1. The van der Waals surface area contributed by atoms with Gasteiger partial charge >= 0.3 is 0 Å². The molecule has 98 valence electrons. The highest BCUT2D eigenvalue weighted by Crippen LogP contribution is 2.14. The van der Waals surface area contributed by atoms with Gasteiger partial charge in [0.15, 0.2) is 5.43 Å². The summed E-state index contributed by atoms with van der Waals surface area (Å²) >= 11 is 0. The van der Waals surface area contributed by atoms with Crippen molar-refractivity contribution in [3.63, 3.8) is 0 Å². The largest absolute Gasteiger partial charge is 0.463 e. The van der Waals surface area contributed by atoms with Gasteiger partial charge in [0.2, 0.25) is 0 Å². The van der Waals surface area contributed by atoms with Crippen LogP contribution in [-0.4, -0.2) is 0 Å². The van der Waals surface area contributed by atoms with E-state index in [0.29, 0.717) is 16.5 Å². The highest BCUT2D eigenvalue weighted by atomic mass is 16.3. The van der Waals surface area contributed by atoms with Crippen molar-refractivity contribution < 1.29 is 4.42 Å². The molecule has 0 aliphatic rings. The normalized spacial score (nSPS) is 11.2. The molecule has 0 atom stereocenters. The second-order valence-corrected chi connectivity index (χ2v) is 4.76. The van der Waals surface area contributed by atoms with Crippen LogP contribution in [0, 0.1) is 6.92 Å². The molecule has 2 aromatic carbocycles. The van der Waals surface area contributed by atoms with Crippen molar-refractivity contribution in [3.05, 3.63) is 81.7 Å². The molecule has 0 fully saturated rings. The van der Waals surface area contributed by atoms with E-state index in [1.165, 1.54) is 6.26 Å². The molecule has 0 amide bonds. The topological polar surface area (TPSA) is 30.2 Å². The van der Waals surface area contributed by atoms with Crippen molar-refractivity contribution in [2.24, 2.45) is 0 Å². The van der Waals surface area contributed by atoms with Gasteiger partial charge in [-0.2, -0.15) is 0 Å². The highest BCUT2D eigenvalue weighted by molar-refractivity contribution is 5.81. The summed E-state index contributed by atoms with van der Waals surface area (Å²) in [6, 6.07) is 15.5. The molecule has 20 heavy (non-hydrogen) atoms. The summed E-state index contributed by atoms with van der Waals surface area (Å²) in [7, 11) is 0. The standard InChI is InChI=1S/C18H14O2/c1-13-7-10-17-16(11-13)18(19)15(12-20-17)9-8-14-5-3-2-4-6-14/h2-12H,1H3/b9-8+. The smallest absolute Gasteiger partial charge is 0.199 e. The van der Waals surface area contributed by atoms with E-state index in [0.717, 1.165) is 11.1 Å². The first-order chi connectivity index (χ1) is 9.74. The monoisotopic (exact) mass is 262 g/mol. The number of hydrogen-bond acceptors (Lipinski definition) is 2. The van der Waals surface area contributed by atoms with Crippen LogP contribution in [0.25, 0.3) is 23.1 Å². The number of hydrogen-bond donors (Lipinski definition) is 0. The van der Waals surface area contributed by atoms with Gasteiger partial charge in [-0.15, -0.1) is 0 Å². The molecule has 0 saturated carbocycles. The zero-order chi connectivity index (χ0) is 13.9. The fraction of sp³-hybridized carbons (Fsp3) is 0.0556. The number of fused-ring (bicyclic) bond motifs is 1. The van der Waals surface area contributed by atoms with Crippen LogP contribution < -0.4 is 5.43 Å². The minimum Gasteiger partial charge on any atom is -0.463 e. The van der Waals surface area contributed by atoms with Crippen LogP contribution >= 0.6 is 0 Å². The average Bonchev–Trinajstić information content (AvgIpc) is 2.48. The van der Waals surface area contributed by atoms with Gasteiger partial charge in [0.25, 0.3) is 0 Å². The van der Waals surface area contributed by atoms with Crippen molar-refractivity contribution in [2.75, 3.05) is 0 Å². The number of aryl methyl sites for hydroxylation is 1. The lowest BCUT2D eigenvalue weighted by molar-refractivity contribution is 0.601. The Bertz CT molecular complexity index is 827. The van der Waals surface area contributed by atoms with E-state index in [9.17, 15) is 4.79 Å². The van der Waals surface area contributed by atoms with Crippen LogP contribution in [-0.2, 0) is 0 Å². The summed E-state index contributed by atoms with van der Waals surface area (Å²) in [4.78, 5) is 12.4. The first-order valence-corrected chi connectivity index (χ1v) is 6.49. The van der Waals surface area contributed by atoms with Crippen LogP contribution in [0.1, 0.15) is 16.7 Å². The van der Waals surface area contributed by atoms with Crippen molar-refractivity contribution >= 4 is 23.1 Å². The van der Waals surface area contributed by atoms with Gasteiger partial charge < -0.3 is 4.42 Å². The molecule has 1 heterocycles. The molecule has 0 bridgehead atoms. The van der Waals surface area contributed by atoms with Crippen LogP contribution in [0.3, 0.4) is 0 Å². The molecule has 0 spiro atoms. The maximum Gasteiger partial charge on any atom is 0.199 e. The van der Waals surface area contributed by atoms with Crippen molar-refractivity contribution in [3.8, 4) is 0 Å². The second kappa shape index (κ2) is 5.17. The minimum absolute atomic E-state index is 0.00197. The van der Waals surface area contributed by atoms with Crippen molar-refractivity contribution in [2.45, 2.75) is 6.92 Å². The van der Waals surface area contributed by atoms with E-state index in [-0.39, 0.29) is 5.43 Å². The summed E-state index contributed by atoms with van der Waals surface area (Å²) in [6.07, 6.45) is 5.22. The maximum atomic E-state index is 12.4. The van der Waals surface area contributed by atoms with Gasteiger partial charge in [-0.3, -0.25) is 4.79 Å². The fourth-order valence-electron chi connectivity index (χ4n) is 2.13. The third kappa shape index (κ3) is 2.41. The zero-order valence-corrected chi connectivity index (χ0v) is 11.2. The first kappa shape index (κ1) is 12.4. The Morgan fingerprint density at radius 1 is 1.00 bits per heavy atom. The van der Waals surface area contributed by atoms with Gasteiger partial charge in [0, 0.05) is 0 Å². The van der Waals surface area contributed by atoms with Crippen LogP contribution in [0.5, 0.6) is 0 Å². The maximum absolute atomic E-state index is 12.4. The average molecular weight is 262 g/mol. The Balaban J connectivity index is 2.07. The van der Waals surface area contributed by atoms with Gasteiger partial charge in [0.1, 0.15) is 11.8 Å². The Hall–Kier alpha value is -2.61. The van der Waals surface area contributed by atoms with E-state index < -0.39 is 0 Å². The molecule has 0 aliphatic heterocycles. The van der Waals surface area contributed by atoms with E-state index in [4.69, 9.17) is 4.42 Å². The Kier molecular flexibility index (Phi) is 3.21. The zero-order valence-electron chi connectivity index (χ0n) is 11.2. The lowest BCUT2D eigenvalue weighted by Gasteiger charge is -2.00. The van der Waals surface area contributed by atoms with Gasteiger partial charge in [-0.05, 0) is 30.7 Å². The Morgan fingerprint density at radius 3 is 2.60 bits per heavy atom. The molecule has 0 aliphatic carbocycles. The summed E-state index contributed by atoms with van der Waals surface area (Å²) < 4.78 is 5.52. The molecule has 2 nitrogen and oxygen atoms in total. The molecule has 1 aromatic heterocycles. The molecule has 3 rings (SSSR count).